The zero-order valence-corrected chi connectivity index (χ0v) is 12.7. The maximum absolute atomic E-state index is 12.7. The quantitative estimate of drug-likeness (QED) is 0.790. The predicted molar refractivity (Wildman–Crippen MR) is 80.0 cm³/mol. The van der Waals surface area contributed by atoms with Crippen LogP contribution in [-0.4, -0.2) is 38.7 Å². The van der Waals surface area contributed by atoms with E-state index in [1.807, 2.05) is 5.32 Å². The Bertz CT molecular complexity index is 787. The molecule has 3 amide bonds. The number of nitrogens with zero attached hydrogens (tertiary/aromatic N) is 4. The first-order chi connectivity index (χ1) is 11.8. The van der Waals surface area contributed by atoms with E-state index in [9.17, 15) is 22.8 Å². The highest BCUT2D eigenvalue weighted by Gasteiger charge is 2.30. The molecule has 0 aliphatic carbocycles. The van der Waals surface area contributed by atoms with E-state index in [0.29, 0.717) is 0 Å². The van der Waals surface area contributed by atoms with Gasteiger partial charge in [0.1, 0.15) is 6.54 Å². The third-order valence-corrected chi connectivity index (χ3v) is 2.85. The minimum absolute atomic E-state index is 0.0741. The van der Waals surface area contributed by atoms with Crippen molar-refractivity contribution in [1.82, 2.24) is 30.8 Å². The molecule has 2 N–H and O–H groups in total. The number of halogens is 3. The molecule has 2 aromatic rings. The zero-order chi connectivity index (χ0) is 18.4. The molecule has 1 aromatic heterocycles. The topological polar surface area (TPSA) is 102 Å². The van der Waals surface area contributed by atoms with Crippen molar-refractivity contribution in [3.8, 4) is 11.4 Å². The fourth-order valence-electron chi connectivity index (χ4n) is 1.76. The first kappa shape index (κ1) is 18.1. The molecule has 8 nitrogen and oxygen atoms in total. The van der Waals surface area contributed by atoms with Crippen LogP contribution in [0, 0.1) is 0 Å². The normalized spacial score (nSPS) is 11.0. The number of tetrazole rings is 1. The Morgan fingerprint density at radius 3 is 2.76 bits per heavy atom. The van der Waals surface area contributed by atoms with E-state index < -0.39 is 30.2 Å². The molecule has 0 radical (unpaired) electrons. The van der Waals surface area contributed by atoms with Gasteiger partial charge in [0, 0.05) is 12.1 Å². The largest absolute Gasteiger partial charge is 0.416 e. The Kier molecular flexibility index (Phi) is 5.47. The summed E-state index contributed by atoms with van der Waals surface area (Å²) in [5.41, 5.74) is -0.747. The van der Waals surface area contributed by atoms with Crippen LogP contribution >= 0.6 is 0 Å². The smallest absolute Gasteiger partial charge is 0.334 e. The highest BCUT2D eigenvalue weighted by atomic mass is 19.4. The van der Waals surface area contributed by atoms with Gasteiger partial charge in [-0.1, -0.05) is 18.2 Å². The maximum atomic E-state index is 12.7. The van der Waals surface area contributed by atoms with Crippen LogP contribution in [0.1, 0.15) is 5.56 Å². The Hall–Kier alpha value is -3.24. The van der Waals surface area contributed by atoms with Crippen molar-refractivity contribution >= 4 is 11.9 Å². The number of hydrogen-bond acceptors (Lipinski definition) is 5. The Morgan fingerprint density at radius 1 is 1.32 bits per heavy atom. The Labute approximate surface area is 139 Å². The van der Waals surface area contributed by atoms with Crippen LogP contribution in [0.3, 0.4) is 0 Å². The average Bonchev–Trinajstić information content (AvgIpc) is 3.00. The molecule has 11 heteroatoms. The molecule has 0 unspecified atom stereocenters. The third kappa shape index (κ3) is 5.12. The Morgan fingerprint density at radius 2 is 2.08 bits per heavy atom. The molecular weight excluding hydrogens is 341 g/mol. The van der Waals surface area contributed by atoms with Crippen LogP contribution in [0.15, 0.2) is 36.9 Å². The number of nitrogens with one attached hydrogen (secondary N) is 2. The molecule has 1 heterocycles. The number of aromatic nitrogens is 4. The molecule has 132 valence electrons. The second-order valence-corrected chi connectivity index (χ2v) is 4.77. The summed E-state index contributed by atoms with van der Waals surface area (Å²) in [6, 6.07) is 3.69. The van der Waals surface area contributed by atoms with Gasteiger partial charge in [-0.15, -0.1) is 16.8 Å². The highest BCUT2D eigenvalue weighted by molar-refractivity contribution is 5.94. The minimum Gasteiger partial charge on any atom is -0.334 e. The molecule has 0 aliphatic heterocycles. The van der Waals surface area contributed by atoms with Crippen molar-refractivity contribution in [1.29, 1.82) is 0 Å². The molecule has 0 saturated heterocycles. The van der Waals surface area contributed by atoms with Crippen molar-refractivity contribution < 1.29 is 22.8 Å². The molecule has 25 heavy (non-hydrogen) atoms. The molecule has 0 aliphatic rings. The standard InChI is InChI=1S/C14H13F3N6O2/c1-2-6-18-13(25)19-11(24)8-23-21-12(20-22-23)9-4-3-5-10(7-9)14(15,16)17/h2-5,7H,1,6,8H2,(H2,18,19,24,25). The van der Waals surface area contributed by atoms with Crippen LogP contribution in [0.25, 0.3) is 11.4 Å². The molecule has 0 bridgehead atoms. The number of carbonyl (C=O) groups excluding carboxylic acids is 2. The van der Waals surface area contributed by atoms with Crippen molar-refractivity contribution in [3.63, 3.8) is 0 Å². The average molecular weight is 354 g/mol. The van der Waals surface area contributed by atoms with E-state index >= 15 is 0 Å². The van der Waals surface area contributed by atoms with E-state index in [-0.39, 0.29) is 17.9 Å². The summed E-state index contributed by atoms with van der Waals surface area (Å²) in [5.74, 6) is -0.787. The van der Waals surface area contributed by atoms with Gasteiger partial charge in [0.25, 0.3) is 5.91 Å². The second-order valence-electron chi connectivity index (χ2n) is 4.77. The van der Waals surface area contributed by atoms with Gasteiger partial charge in [0.2, 0.25) is 5.82 Å². The van der Waals surface area contributed by atoms with Gasteiger partial charge in [-0.2, -0.15) is 18.0 Å². The second kappa shape index (κ2) is 7.55. The number of urea groups is 1. The van der Waals surface area contributed by atoms with Gasteiger partial charge < -0.3 is 5.32 Å². The molecule has 2 rings (SSSR count). The van der Waals surface area contributed by atoms with E-state index in [1.54, 1.807) is 0 Å². The minimum atomic E-state index is -4.50. The number of carbonyl (C=O) groups is 2. The lowest BCUT2D eigenvalue weighted by Gasteiger charge is -2.06. The number of amides is 3. The van der Waals surface area contributed by atoms with E-state index in [0.717, 1.165) is 16.9 Å². The molecular formula is C14H13F3N6O2. The lowest BCUT2D eigenvalue weighted by atomic mass is 10.1. The van der Waals surface area contributed by atoms with Gasteiger partial charge in [-0.05, 0) is 17.3 Å². The lowest BCUT2D eigenvalue weighted by Crippen LogP contribution is -2.41. The van der Waals surface area contributed by atoms with Gasteiger partial charge in [-0.3, -0.25) is 10.1 Å². The molecule has 0 fully saturated rings. The zero-order valence-electron chi connectivity index (χ0n) is 12.7. The van der Waals surface area contributed by atoms with Gasteiger partial charge in [-0.25, -0.2) is 4.79 Å². The Balaban J connectivity index is 2.04. The summed E-state index contributed by atoms with van der Waals surface area (Å²) in [5, 5.41) is 15.4. The van der Waals surface area contributed by atoms with Gasteiger partial charge in [0.05, 0.1) is 5.56 Å². The fourth-order valence-corrected chi connectivity index (χ4v) is 1.76. The molecule has 0 saturated carbocycles. The van der Waals surface area contributed by atoms with E-state index in [2.05, 4.69) is 27.3 Å². The van der Waals surface area contributed by atoms with Crippen molar-refractivity contribution in [2.24, 2.45) is 0 Å². The number of alkyl halides is 3. The van der Waals surface area contributed by atoms with Crippen LogP contribution < -0.4 is 10.6 Å². The number of rotatable bonds is 5. The van der Waals surface area contributed by atoms with Crippen LogP contribution in [-0.2, 0) is 17.5 Å². The van der Waals surface area contributed by atoms with E-state index in [4.69, 9.17) is 0 Å². The van der Waals surface area contributed by atoms with Crippen LogP contribution in [0.2, 0.25) is 0 Å². The summed E-state index contributed by atoms with van der Waals surface area (Å²) in [7, 11) is 0. The van der Waals surface area contributed by atoms with Crippen molar-refractivity contribution in [2.45, 2.75) is 12.7 Å². The fraction of sp³-hybridized carbons (Fsp3) is 0.214. The summed E-state index contributed by atoms with van der Waals surface area (Å²) in [6.45, 7) is 3.16. The van der Waals surface area contributed by atoms with Crippen LogP contribution in [0.4, 0.5) is 18.0 Å². The predicted octanol–water partition coefficient (Wildman–Crippen LogP) is 1.37. The first-order valence-corrected chi connectivity index (χ1v) is 6.93. The van der Waals surface area contributed by atoms with Gasteiger partial charge >= 0.3 is 12.2 Å². The molecule has 1 aromatic carbocycles. The van der Waals surface area contributed by atoms with Gasteiger partial charge in [0.15, 0.2) is 0 Å². The molecule has 0 atom stereocenters. The number of benzene rings is 1. The number of hydrogen-bond donors (Lipinski definition) is 2. The highest BCUT2D eigenvalue weighted by Crippen LogP contribution is 2.31. The monoisotopic (exact) mass is 354 g/mol. The summed E-state index contributed by atoms with van der Waals surface area (Å²) in [4.78, 5) is 23.8. The third-order valence-electron chi connectivity index (χ3n) is 2.85. The molecule has 0 spiro atoms. The van der Waals surface area contributed by atoms with Crippen molar-refractivity contribution in [3.05, 3.63) is 42.5 Å². The number of imide groups is 1. The summed E-state index contributed by atoms with van der Waals surface area (Å²) < 4.78 is 38.1. The maximum Gasteiger partial charge on any atom is 0.416 e. The van der Waals surface area contributed by atoms with E-state index in [1.165, 1.54) is 18.2 Å². The van der Waals surface area contributed by atoms with Crippen molar-refractivity contribution in [2.75, 3.05) is 6.54 Å². The summed E-state index contributed by atoms with van der Waals surface area (Å²) in [6.07, 6.45) is -3.06. The lowest BCUT2D eigenvalue weighted by molar-refractivity contribution is -0.137. The summed E-state index contributed by atoms with van der Waals surface area (Å²) >= 11 is 0. The van der Waals surface area contributed by atoms with Crippen LogP contribution in [0.5, 0.6) is 0 Å². The SMILES string of the molecule is C=CCNC(=O)NC(=O)Cn1nnc(-c2cccc(C(F)(F)F)c2)n1. The first-order valence-electron chi connectivity index (χ1n) is 6.93.